The van der Waals surface area contributed by atoms with Crippen LogP contribution < -0.4 is 5.32 Å². The number of hydrogen-bond acceptors (Lipinski definition) is 4. The summed E-state index contributed by atoms with van der Waals surface area (Å²) >= 11 is 2.11. The lowest BCUT2D eigenvalue weighted by Gasteiger charge is -2.08. The Kier molecular flexibility index (Phi) is 5.91. The fourth-order valence-corrected chi connectivity index (χ4v) is 2.23. The lowest BCUT2D eigenvalue weighted by atomic mass is 10.1. The van der Waals surface area contributed by atoms with Gasteiger partial charge in [-0.05, 0) is 52.4 Å². The van der Waals surface area contributed by atoms with Crippen molar-refractivity contribution in [2.75, 3.05) is 11.9 Å². The van der Waals surface area contributed by atoms with Crippen LogP contribution in [0.15, 0.2) is 48.5 Å². The van der Waals surface area contributed by atoms with Gasteiger partial charge in [0, 0.05) is 3.57 Å². The van der Waals surface area contributed by atoms with Gasteiger partial charge in [-0.2, -0.15) is 0 Å². The topological polar surface area (TPSA) is 75.6 Å². The second-order valence-electron chi connectivity index (χ2n) is 4.46. The summed E-state index contributed by atoms with van der Waals surface area (Å²) in [4.78, 5) is 23.6. The summed E-state index contributed by atoms with van der Waals surface area (Å²) in [5, 5.41) is 11.6. The summed E-state index contributed by atoms with van der Waals surface area (Å²) in [7, 11) is 0. The number of aliphatic hydroxyl groups is 1. The lowest BCUT2D eigenvalue weighted by molar-refractivity contribution is -0.119. The van der Waals surface area contributed by atoms with E-state index >= 15 is 0 Å². The highest BCUT2D eigenvalue weighted by Gasteiger charge is 2.11. The van der Waals surface area contributed by atoms with E-state index < -0.39 is 11.9 Å². The van der Waals surface area contributed by atoms with Crippen LogP contribution in [-0.4, -0.2) is 23.6 Å². The molecule has 5 nitrogen and oxygen atoms in total. The monoisotopic (exact) mass is 411 g/mol. The molecule has 0 fully saturated rings. The Labute approximate surface area is 141 Å². The molecule has 0 spiro atoms. The smallest absolute Gasteiger partial charge is 0.338 e. The zero-order valence-corrected chi connectivity index (χ0v) is 13.7. The number of carbonyl (C=O) groups is 2. The van der Waals surface area contributed by atoms with E-state index in [0.717, 1.165) is 3.57 Å². The Bertz CT molecular complexity index is 670. The molecule has 0 saturated heterocycles. The van der Waals surface area contributed by atoms with Crippen LogP contribution in [0.5, 0.6) is 0 Å². The van der Waals surface area contributed by atoms with Gasteiger partial charge >= 0.3 is 5.97 Å². The molecule has 2 aromatic carbocycles. The van der Waals surface area contributed by atoms with Crippen LogP contribution in [0.25, 0.3) is 0 Å². The van der Waals surface area contributed by atoms with E-state index in [1.54, 1.807) is 30.3 Å². The minimum absolute atomic E-state index is 0.0898. The van der Waals surface area contributed by atoms with Crippen LogP contribution in [-0.2, 0) is 16.1 Å². The molecule has 22 heavy (non-hydrogen) atoms. The van der Waals surface area contributed by atoms with Crippen molar-refractivity contribution in [3.8, 4) is 0 Å². The molecule has 0 aliphatic carbocycles. The SMILES string of the molecule is O=C(COC(=O)c1ccc(CO)cc1)Nc1ccccc1I. The first kappa shape index (κ1) is 16.4. The summed E-state index contributed by atoms with van der Waals surface area (Å²) in [6.45, 7) is -0.445. The molecule has 1 amide bonds. The minimum atomic E-state index is -0.581. The molecule has 0 bridgehead atoms. The van der Waals surface area contributed by atoms with Crippen LogP contribution in [0.3, 0.4) is 0 Å². The molecular weight excluding hydrogens is 397 g/mol. The number of aliphatic hydroxyl groups excluding tert-OH is 1. The van der Waals surface area contributed by atoms with Gasteiger partial charge in [-0.3, -0.25) is 4.79 Å². The predicted octanol–water partition coefficient (Wildman–Crippen LogP) is 2.58. The Morgan fingerprint density at radius 2 is 1.77 bits per heavy atom. The zero-order valence-electron chi connectivity index (χ0n) is 11.6. The summed E-state index contributed by atoms with van der Waals surface area (Å²) in [5.74, 6) is -0.980. The molecule has 2 rings (SSSR count). The van der Waals surface area contributed by atoms with Crippen LogP contribution in [0.1, 0.15) is 15.9 Å². The number of halogens is 1. The van der Waals surface area contributed by atoms with E-state index in [1.165, 1.54) is 0 Å². The maximum absolute atomic E-state index is 11.8. The van der Waals surface area contributed by atoms with Gasteiger partial charge in [-0.25, -0.2) is 4.79 Å². The third-order valence-corrected chi connectivity index (χ3v) is 3.80. The number of hydrogen-bond donors (Lipinski definition) is 2. The van der Waals surface area contributed by atoms with Crippen LogP contribution >= 0.6 is 22.6 Å². The van der Waals surface area contributed by atoms with Gasteiger partial charge in [-0.1, -0.05) is 24.3 Å². The molecule has 0 heterocycles. The predicted molar refractivity (Wildman–Crippen MR) is 90.4 cm³/mol. The highest BCUT2D eigenvalue weighted by atomic mass is 127. The molecule has 0 unspecified atom stereocenters. The third-order valence-electron chi connectivity index (χ3n) is 2.85. The number of ether oxygens (including phenoxy) is 1. The van der Waals surface area contributed by atoms with Crippen molar-refractivity contribution in [1.29, 1.82) is 0 Å². The number of esters is 1. The van der Waals surface area contributed by atoms with Crippen molar-refractivity contribution in [1.82, 2.24) is 0 Å². The van der Waals surface area contributed by atoms with E-state index in [9.17, 15) is 9.59 Å². The Morgan fingerprint density at radius 3 is 2.41 bits per heavy atom. The fraction of sp³-hybridized carbons (Fsp3) is 0.125. The average Bonchev–Trinajstić information content (AvgIpc) is 2.55. The van der Waals surface area contributed by atoms with Gasteiger partial charge in [0.2, 0.25) is 0 Å². The third kappa shape index (κ3) is 4.54. The number of carbonyl (C=O) groups excluding carboxylic acids is 2. The largest absolute Gasteiger partial charge is 0.452 e. The quantitative estimate of drug-likeness (QED) is 0.586. The number of nitrogens with one attached hydrogen (secondary N) is 1. The van der Waals surface area contributed by atoms with E-state index in [-0.39, 0.29) is 13.2 Å². The number of benzene rings is 2. The number of rotatable bonds is 5. The molecule has 0 atom stereocenters. The summed E-state index contributed by atoms with van der Waals surface area (Å²) in [6.07, 6.45) is 0. The molecule has 114 valence electrons. The Balaban J connectivity index is 1.87. The van der Waals surface area contributed by atoms with Crippen molar-refractivity contribution < 1.29 is 19.4 Å². The molecule has 0 saturated carbocycles. The van der Waals surface area contributed by atoms with Crippen molar-refractivity contribution in [3.05, 3.63) is 63.2 Å². The second kappa shape index (κ2) is 7.90. The normalized spacial score (nSPS) is 10.1. The van der Waals surface area contributed by atoms with Gasteiger partial charge < -0.3 is 15.2 Å². The summed E-state index contributed by atoms with van der Waals surface area (Å²) in [5.41, 5.74) is 1.71. The molecule has 2 N–H and O–H groups in total. The first-order valence-corrected chi connectivity index (χ1v) is 7.59. The first-order chi connectivity index (χ1) is 10.6. The van der Waals surface area contributed by atoms with Crippen LogP contribution in [0, 0.1) is 3.57 Å². The molecule has 2 aromatic rings. The van der Waals surface area contributed by atoms with Gasteiger partial charge in [0.05, 0.1) is 17.9 Å². The van der Waals surface area contributed by atoms with Gasteiger partial charge in [0.25, 0.3) is 5.91 Å². The van der Waals surface area contributed by atoms with Crippen LogP contribution in [0.2, 0.25) is 0 Å². The standard InChI is InChI=1S/C16H14INO4/c17-13-3-1-2-4-14(13)18-15(20)10-22-16(21)12-7-5-11(9-19)6-8-12/h1-8,19H,9-10H2,(H,18,20). The lowest BCUT2D eigenvalue weighted by Crippen LogP contribution is -2.21. The van der Waals surface area contributed by atoms with Crippen molar-refractivity contribution in [2.24, 2.45) is 0 Å². The van der Waals surface area contributed by atoms with Crippen molar-refractivity contribution in [3.63, 3.8) is 0 Å². The molecule has 0 aliphatic heterocycles. The molecule has 0 radical (unpaired) electrons. The van der Waals surface area contributed by atoms with E-state index in [1.807, 2.05) is 18.2 Å². The molecular formula is C16H14INO4. The first-order valence-electron chi connectivity index (χ1n) is 6.51. The number of para-hydroxylation sites is 1. The molecule has 6 heteroatoms. The summed E-state index contributed by atoms with van der Waals surface area (Å²) < 4.78 is 5.86. The highest BCUT2D eigenvalue weighted by molar-refractivity contribution is 14.1. The van der Waals surface area contributed by atoms with Crippen LogP contribution in [0.4, 0.5) is 5.69 Å². The number of amides is 1. The van der Waals surface area contributed by atoms with Crippen molar-refractivity contribution in [2.45, 2.75) is 6.61 Å². The molecule has 0 aliphatic rings. The average molecular weight is 411 g/mol. The number of anilines is 1. The maximum Gasteiger partial charge on any atom is 0.338 e. The van der Waals surface area contributed by atoms with Crippen molar-refractivity contribution >= 4 is 40.2 Å². The molecule has 0 aromatic heterocycles. The summed E-state index contributed by atoms with van der Waals surface area (Å²) in [6, 6.07) is 13.7. The van der Waals surface area contributed by atoms with Gasteiger partial charge in [0.1, 0.15) is 0 Å². The van der Waals surface area contributed by atoms with Gasteiger partial charge in [0.15, 0.2) is 6.61 Å². The highest BCUT2D eigenvalue weighted by Crippen LogP contribution is 2.16. The second-order valence-corrected chi connectivity index (χ2v) is 5.62. The van der Waals surface area contributed by atoms with E-state index in [2.05, 4.69) is 27.9 Å². The minimum Gasteiger partial charge on any atom is -0.452 e. The zero-order chi connectivity index (χ0) is 15.9. The maximum atomic E-state index is 11.8. The van der Waals surface area contributed by atoms with E-state index in [0.29, 0.717) is 16.8 Å². The Hall–Kier alpha value is -1.93. The fourth-order valence-electron chi connectivity index (χ4n) is 1.71. The Morgan fingerprint density at radius 1 is 1.09 bits per heavy atom. The van der Waals surface area contributed by atoms with E-state index in [4.69, 9.17) is 9.84 Å². The van der Waals surface area contributed by atoms with Gasteiger partial charge in [-0.15, -0.1) is 0 Å².